The fourth-order valence-corrected chi connectivity index (χ4v) is 1.09. The molecule has 0 saturated heterocycles. The minimum absolute atomic E-state index is 0.0125. The van der Waals surface area contributed by atoms with E-state index < -0.39 is 5.23 Å². The normalized spacial score (nSPS) is 14.6. The first-order chi connectivity index (χ1) is 6.59. The number of benzene rings is 1. The van der Waals surface area contributed by atoms with Gasteiger partial charge in [0.1, 0.15) is 0 Å². The minimum atomic E-state index is -0.415. The number of rotatable bonds is 1. The molecule has 14 heavy (non-hydrogen) atoms. The molecule has 1 heterocycles. The molecule has 0 fully saturated rings. The zero-order valence-electron chi connectivity index (χ0n) is 6.65. The summed E-state index contributed by atoms with van der Waals surface area (Å²) in [5.41, 5.74) is -0.318. The van der Waals surface area contributed by atoms with Gasteiger partial charge >= 0.3 is 0 Å². The van der Waals surface area contributed by atoms with Gasteiger partial charge in [0.25, 0.3) is 0 Å². The summed E-state index contributed by atoms with van der Waals surface area (Å²) in [5, 5.41) is 40.3. The van der Waals surface area contributed by atoms with E-state index in [-0.39, 0.29) is 27.5 Å². The van der Waals surface area contributed by atoms with Crippen LogP contribution in [0.25, 0.3) is 0 Å². The van der Waals surface area contributed by atoms with E-state index >= 15 is 0 Å². The van der Waals surface area contributed by atoms with Crippen LogP contribution >= 0.6 is 0 Å². The second kappa shape index (κ2) is 2.97. The fraction of sp³-hybridized carbons (Fsp3) is 0. The van der Waals surface area contributed by atoms with Gasteiger partial charge in [-0.25, -0.2) is 0 Å². The van der Waals surface area contributed by atoms with Crippen LogP contribution in [-0.4, -0.2) is 5.21 Å². The second-order valence-electron chi connectivity index (χ2n) is 2.54. The second-order valence-corrected chi connectivity index (χ2v) is 2.54. The molecule has 1 aliphatic heterocycles. The number of nitrogens with zero attached hydrogens (tertiary/aromatic N) is 3. The molecule has 0 unspecified atom stereocenters. The third-order valence-electron chi connectivity index (χ3n) is 1.72. The Morgan fingerprint density at radius 2 is 1.86 bits per heavy atom. The molecule has 0 amide bonds. The average molecular weight is 198 g/mol. The zero-order valence-corrected chi connectivity index (χ0v) is 6.65. The van der Waals surface area contributed by atoms with Crippen molar-refractivity contribution in [2.75, 3.05) is 15.7 Å². The van der Waals surface area contributed by atoms with Gasteiger partial charge in [-0.15, -0.1) is 0 Å². The third-order valence-corrected chi connectivity index (χ3v) is 1.72. The molecular weight excluding hydrogens is 194 g/mol. The van der Waals surface area contributed by atoms with Crippen LogP contribution in [0, 0.1) is 15.6 Å². The van der Waals surface area contributed by atoms with Crippen molar-refractivity contribution in [1.29, 1.82) is 0 Å². The van der Waals surface area contributed by atoms with Crippen LogP contribution < -0.4 is 15.7 Å². The number of hydrogen-bond donors (Lipinski definition) is 1. The lowest BCUT2D eigenvalue weighted by Gasteiger charge is -2.26. The topological polar surface area (TPSA) is 108 Å². The SMILES string of the molecule is [O-]N(O)c1ccc2c(c1)N([O-])ON2[O-]. The standard InChI is InChI=1S/C6H4N3O5/c10-7(11)4-1-2-5-6(3-4)9(13)14-8(5)12/h1-3,10H/q-3. The molecule has 1 N–H and O–H groups in total. The maximum Gasteiger partial charge on any atom is 0.0805 e. The molecule has 1 aromatic carbocycles. The Morgan fingerprint density at radius 1 is 1.21 bits per heavy atom. The molecule has 0 bridgehead atoms. The highest BCUT2D eigenvalue weighted by molar-refractivity contribution is 5.77. The molecule has 0 aromatic heterocycles. The van der Waals surface area contributed by atoms with Gasteiger partial charge in [-0.3, -0.25) is 15.7 Å². The fourth-order valence-electron chi connectivity index (χ4n) is 1.09. The Hall–Kier alpha value is -1.58. The highest BCUT2D eigenvalue weighted by atomic mass is 17.1. The predicted octanol–water partition coefficient (Wildman–Crippen LogP) is 0.849. The van der Waals surface area contributed by atoms with Crippen LogP contribution in [0.5, 0.6) is 0 Å². The lowest BCUT2D eigenvalue weighted by molar-refractivity contribution is 0.150. The van der Waals surface area contributed by atoms with E-state index in [1.54, 1.807) is 0 Å². The van der Waals surface area contributed by atoms with Gasteiger partial charge in [0.05, 0.1) is 17.1 Å². The molecular formula is C6H4N3O5-3. The van der Waals surface area contributed by atoms with Crippen molar-refractivity contribution in [2.24, 2.45) is 0 Å². The van der Waals surface area contributed by atoms with Crippen molar-refractivity contribution >= 4 is 17.1 Å². The summed E-state index contributed by atoms with van der Waals surface area (Å²) in [6.45, 7) is 0. The first kappa shape index (κ1) is 8.99. The van der Waals surface area contributed by atoms with Crippen LogP contribution in [0.4, 0.5) is 17.1 Å². The largest absolute Gasteiger partial charge is 0.733 e. The molecule has 8 nitrogen and oxygen atoms in total. The molecule has 0 radical (unpaired) electrons. The van der Waals surface area contributed by atoms with Crippen LogP contribution in [-0.2, 0) is 4.94 Å². The van der Waals surface area contributed by atoms with E-state index in [4.69, 9.17) is 5.21 Å². The highest BCUT2D eigenvalue weighted by Crippen LogP contribution is 2.37. The van der Waals surface area contributed by atoms with Crippen LogP contribution in [0.15, 0.2) is 18.2 Å². The van der Waals surface area contributed by atoms with Gasteiger partial charge in [-0.05, 0) is 18.2 Å². The molecule has 2 rings (SSSR count). The van der Waals surface area contributed by atoms with E-state index in [2.05, 4.69) is 4.94 Å². The molecule has 0 atom stereocenters. The van der Waals surface area contributed by atoms with E-state index in [1.807, 2.05) is 0 Å². The first-order valence-corrected chi connectivity index (χ1v) is 3.52. The van der Waals surface area contributed by atoms with E-state index in [0.717, 1.165) is 6.07 Å². The Kier molecular flexibility index (Phi) is 1.91. The van der Waals surface area contributed by atoms with Crippen molar-refractivity contribution in [3.63, 3.8) is 0 Å². The van der Waals surface area contributed by atoms with Crippen LogP contribution in [0.3, 0.4) is 0 Å². The van der Waals surface area contributed by atoms with Gasteiger partial charge in [0.15, 0.2) is 0 Å². The monoisotopic (exact) mass is 198 g/mol. The summed E-state index contributed by atoms with van der Waals surface area (Å²) in [7, 11) is 0. The van der Waals surface area contributed by atoms with Gasteiger partial charge in [-0.1, -0.05) is 0 Å². The number of hydrogen-bond acceptors (Lipinski definition) is 8. The predicted molar refractivity (Wildman–Crippen MR) is 46.9 cm³/mol. The van der Waals surface area contributed by atoms with Crippen LogP contribution in [0.2, 0.25) is 0 Å². The van der Waals surface area contributed by atoms with E-state index in [1.165, 1.54) is 12.1 Å². The Morgan fingerprint density at radius 3 is 2.50 bits per heavy atom. The summed E-state index contributed by atoms with van der Waals surface area (Å²) in [6.07, 6.45) is 0. The smallest absolute Gasteiger partial charge is 0.0805 e. The van der Waals surface area contributed by atoms with E-state index in [9.17, 15) is 15.6 Å². The van der Waals surface area contributed by atoms with Crippen LogP contribution in [0.1, 0.15) is 0 Å². The quantitative estimate of drug-likeness (QED) is 0.661. The third kappa shape index (κ3) is 1.23. The number of fused-ring (bicyclic) bond motifs is 1. The summed E-state index contributed by atoms with van der Waals surface area (Å²) in [6, 6.07) is 3.41. The number of anilines is 3. The maximum absolute atomic E-state index is 10.9. The van der Waals surface area contributed by atoms with Crippen molar-refractivity contribution in [2.45, 2.75) is 0 Å². The van der Waals surface area contributed by atoms with Gasteiger partial charge in [0, 0.05) is 0 Å². The first-order valence-electron chi connectivity index (χ1n) is 3.52. The lowest BCUT2D eigenvalue weighted by atomic mass is 10.2. The maximum atomic E-state index is 10.9. The molecule has 76 valence electrons. The summed E-state index contributed by atoms with van der Waals surface area (Å²) >= 11 is 0. The highest BCUT2D eigenvalue weighted by Gasteiger charge is 2.16. The van der Waals surface area contributed by atoms with Crippen molar-refractivity contribution < 1.29 is 10.1 Å². The summed E-state index contributed by atoms with van der Waals surface area (Å²) in [4.78, 5) is 4.12. The zero-order chi connectivity index (χ0) is 10.3. The average Bonchev–Trinajstić information content (AvgIpc) is 2.42. The van der Waals surface area contributed by atoms with Crippen molar-refractivity contribution in [3.8, 4) is 0 Å². The molecule has 1 aliphatic rings. The molecule has 0 spiro atoms. The lowest BCUT2D eigenvalue weighted by Crippen LogP contribution is -2.17. The summed E-state index contributed by atoms with van der Waals surface area (Å²) in [5.74, 6) is 0. The molecule has 1 aromatic rings. The Balaban J connectivity index is 2.45. The Bertz CT molecular complexity index is 357. The molecule has 0 saturated carbocycles. The van der Waals surface area contributed by atoms with Crippen molar-refractivity contribution in [3.05, 3.63) is 33.8 Å². The molecule has 0 aliphatic carbocycles. The van der Waals surface area contributed by atoms with E-state index in [0.29, 0.717) is 0 Å². The Labute approximate surface area is 77.7 Å². The molecule has 8 heteroatoms. The van der Waals surface area contributed by atoms with Crippen molar-refractivity contribution in [1.82, 2.24) is 0 Å². The van der Waals surface area contributed by atoms with Gasteiger partial charge in [0.2, 0.25) is 0 Å². The minimum Gasteiger partial charge on any atom is -0.733 e. The summed E-state index contributed by atoms with van der Waals surface area (Å²) < 4.78 is 0. The van der Waals surface area contributed by atoms with Gasteiger partial charge in [-0.2, -0.15) is 4.94 Å². The van der Waals surface area contributed by atoms with Gasteiger partial charge < -0.3 is 20.8 Å².